The molecule has 0 aromatic heterocycles. The van der Waals surface area contributed by atoms with Crippen LogP contribution in [-0.2, 0) is 10.2 Å². The van der Waals surface area contributed by atoms with Gasteiger partial charge in [-0.3, -0.25) is 20.2 Å². The smallest absolute Gasteiger partial charge is 0.338 e. The van der Waals surface area contributed by atoms with E-state index in [1.54, 1.807) is 25.1 Å². The van der Waals surface area contributed by atoms with Crippen LogP contribution in [-0.4, -0.2) is 59.6 Å². The van der Waals surface area contributed by atoms with Crippen LogP contribution >= 0.6 is 12.2 Å². The molecule has 1 fully saturated rings. The lowest BCUT2D eigenvalue weighted by Crippen LogP contribution is -2.52. The maximum absolute atomic E-state index is 12.6. The summed E-state index contributed by atoms with van der Waals surface area (Å²) in [5.41, 5.74) is 2.07. The highest BCUT2D eigenvalue weighted by Gasteiger charge is 2.27. The van der Waals surface area contributed by atoms with Crippen LogP contribution in [0, 0.1) is 10.1 Å². The number of hydrogen-bond donors (Lipinski definition) is 1. The molecule has 2 aromatic rings. The number of anilines is 1. The van der Waals surface area contributed by atoms with Crippen LogP contribution in [0.3, 0.4) is 0 Å². The number of nitrogens with one attached hydrogen (secondary N) is 1. The van der Waals surface area contributed by atoms with Crippen molar-refractivity contribution in [1.82, 2.24) is 10.2 Å². The van der Waals surface area contributed by atoms with Gasteiger partial charge in [0.25, 0.3) is 11.6 Å². The monoisotopic (exact) mass is 498 g/mol. The molecule has 0 saturated carbocycles. The molecule has 0 bridgehead atoms. The van der Waals surface area contributed by atoms with Gasteiger partial charge in [-0.05, 0) is 54.4 Å². The van der Waals surface area contributed by atoms with Crippen molar-refractivity contribution in [2.75, 3.05) is 37.7 Å². The van der Waals surface area contributed by atoms with E-state index < -0.39 is 10.9 Å². The third kappa shape index (κ3) is 6.33. The average molecular weight is 499 g/mol. The molecule has 1 amide bonds. The number of nitro benzene ring substituents is 1. The Balaban J connectivity index is 1.62. The van der Waals surface area contributed by atoms with Crippen molar-refractivity contribution >= 4 is 40.6 Å². The molecule has 2 aromatic carbocycles. The fourth-order valence-corrected chi connectivity index (χ4v) is 4.07. The van der Waals surface area contributed by atoms with Crippen LogP contribution in [0.1, 0.15) is 54.0 Å². The molecule has 1 heterocycles. The van der Waals surface area contributed by atoms with E-state index in [-0.39, 0.29) is 29.2 Å². The van der Waals surface area contributed by atoms with Gasteiger partial charge in [-0.15, -0.1) is 0 Å². The number of carbonyl (C=O) groups excluding carboxylic acids is 2. The minimum atomic E-state index is -0.596. The van der Waals surface area contributed by atoms with Gasteiger partial charge in [0, 0.05) is 37.8 Å². The van der Waals surface area contributed by atoms with Gasteiger partial charge < -0.3 is 14.5 Å². The minimum absolute atomic E-state index is 0.00179. The largest absolute Gasteiger partial charge is 0.462 e. The Labute approximate surface area is 210 Å². The highest BCUT2D eigenvalue weighted by atomic mass is 32.1. The maximum Gasteiger partial charge on any atom is 0.338 e. The van der Waals surface area contributed by atoms with E-state index in [9.17, 15) is 19.7 Å². The predicted octanol–water partition coefficient (Wildman–Crippen LogP) is 3.91. The zero-order valence-corrected chi connectivity index (χ0v) is 21.2. The van der Waals surface area contributed by atoms with Gasteiger partial charge in [0.05, 0.1) is 17.1 Å². The van der Waals surface area contributed by atoms with E-state index in [0.29, 0.717) is 42.5 Å². The van der Waals surface area contributed by atoms with Crippen LogP contribution in [0.15, 0.2) is 42.5 Å². The van der Waals surface area contributed by atoms with Gasteiger partial charge in [-0.1, -0.05) is 32.9 Å². The Bertz CT molecular complexity index is 1120. The molecule has 9 nitrogen and oxygen atoms in total. The van der Waals surface area contributed by atoms with Gasteiger partial charge in [0.1, 0.15) is 5.69 Å². The van der Waals surface area contributed by atoms with Gasteiger partial charge in [-0.25, -0.2) is 4.79 Å². The van der Waals surface area contributed by atoms with Crippen molar-refractivity contribution in [3.8, 4) is 0 Å². The molecule has 1 saturated heterocycles. The standard InChI is InChI=1S/C25H30N4O5S/c1-5-34-23(31)18-8-11-20(21(16-18)29(32)33)27-12-14-28(15-13-27)24(35)26-22(30)17-6-9-19(10-7-17)25(2,3)4/h6-11,16H,5,12-15H2,1-4H3,(H,26,30,35). The third-order valence-corrected chi connectivity index (χ3v) is 6.18. The first kappa shape index (κ1) is 26.1. The first-order chi connectivity index (χ1) is 16.5. The molecule has 0 spiro atoms. The first-order valence-corrected chi connectivity index (χ1v) is 11.8. The summed E-state index contributed by atoms with van der Waals surface area (Å²) in [6.07, 6.45) is 0. The van der Waals surface area contributed by atoms with Crippen LogP contribution < -0.4 is 10.2 Å². The topological polar surface area (TPSA) is 105 Å². The summed E-state index contributed by atoms with van der Waals surface area (Å²) < 4.78 is 4.94. The molecule has 0 unspecified atom stereocenters. The molecule has 10 heteroatoms. The number of hydrogen-bond acceptors (Lipinski definition) is 7. The van der Waals surface area contributed by atoms with Crippen molar-refractivity contribution < 1.29 is 19.2 Å². The second-order valence-corrected chi connectivity index (χ2v) is 9.63. The number of ether oxygens (including phenoxy) is 1. The van der Waals surface area contributed by atoms with E-state index in [1.165, 1.54) is 12.1 Å². The van der Waals surface area contributed by atoms with Crippen LogP contribution in [0.2, 0.25) is 0 Å². The summed E-state index contributed by atoms with van der Waals surface area (Å²) >= 11 is 5.44. The lowest BCUT2D eigenvalue weighted by Gasteiger charge is -2.37. The highest BCUT2D eigenvalue weighted by molar-refractivity contribution is 7.80. The highest BCUT2D eigenvalue weighted by Crippen LogP contribution is 2.30. The third-order valence-electron chi connectivity index (χ3n) is 5.82. The molecule has 1 aliphatic heterocycles. The molecule has 1 N–H and O–H groups in total. The minimum Gasteiger partial charge on any atom is -0.462 e. The molecule has 186 valence electrons. The number of thiocarbonyl (C=S) groups is 1. The van der Waals surface area contributed by atoms with E-state index >= 15 is 0 Å². The second-order valence-electron chi connectivity index (χ2n) is 9.24. The Morgan fingerprint density at radius 2 is 1.66 bits per heavy atom. The summed E-state index contributed by atoms with van der Waals surface area (Å²) in [6, 6.07) is 11.8. The number of nitro groups is 1. The van der Waals surface area contributed by atoms with Crippen molar-refractivity contribution in [2.24, 2.45) is 0 Å². The molecular weight excluding hydrogens is 468 g/mol. The summed E-state index contributed by atoms with van der Waals surface area (Å²) in [6.45, 7) is 10.1. The van der Waals surface area contributed by atoms with Gasteiger partial charge in [0.15, 0.2) is 5.11 Å². The predicted molar refractivity (Wildman–Crippen MR) is 138 cm³/mol. The summed E-state index contributed by atoms with van der Waals surface area (Å²) in [7, 11) is 0. The zero-order valence-electron chi connectivity index (χ0n) is 20.4. The summed E-state index contributed by atoms with van der Waals surface area (Å²) in [4.78, 5) is 39.5. The van der Waals surface area contributed by atoms with Gasteiger partial charge >= 0.3 is 5.97 Å². The van der Waals surface area contributed by atoms with E-state index in [1.807, 2.05) is 21.9 Å². The number of carbonyl (C=O) groups is 2. The number of esters is 1. The number of nitrogens with zero attached hydrogens (tertiary/aromatic N) is 3. The summed E-state index contributed by atoms with van der Waals surface area (Å²) in [5.74, 6) is -0.871. The van der Waals surface area contributed by atoms with Gasteiger partial charge in [0.2, 0.25) is 0 Å². The molecule has 0 atom stereocenters. The SMILES string of the molecule is CCOC(=O)c1ccc(N2CCN(C(=S)NC(=O)c3ccc(C(C)(C)C)cc3)CC2)c([N+](=O)[O-])c1. The fourth-order valence-electron chi connectivity index (χ4n) is 3.80. The first-order valence-electron chi connectivity index (χ1n) is 11.4. The fraction of sp³-hybridized carbons (Fsp3) is 0.400. The number of piperazine rings is 1. The van der Waals surface area contributed by atoms with E-state index in [4.69, 9.17) is 17.0 Å². The lowest BCUT2D eigenvalue weighted by molar-refractivity contribution is -0.384. The van der Waals surface area contributed by atoms with E-state index in [2.05, 4.69) is 26.1 Å². The van der Waals surface area contributed by atoms with E-state index in [0.717, 1.165) is 5.56 Å². The Kier molecular flexibility index (Phi) is 8.06. The van der Waals surface area contributed by atoms with Crippen LogP contribution in [0.5, 0.6) is 0 Å². The Hall–Kier alpha value is -3.53. The quantitative estimate of drug-likeness (QED) is 0.286. The average Bonchev–Trinajstić information content (AvgIpc) is 2.83. The Morgan fingerprint density at radius 3 is 2.20 bits per heavy atom. The summed E-state index contributed by atoms with van der Waals surface area (Å²) in [5, 5.41) is 14.8. The number of benzene rings is 2. The van der Waals surface area contributed by atoms with Crippen molar-refractivity contribution in [3.63, 3.8) is 0 Å². The van der Waals surface area contributed by atoms with Crippen molar-refractivity contribution in [3.05, 3.63) is 69.3 Å². The van der Waals surface area contributed by atoms with Crippen LogP contribution in [0.4, 0.5) is 11.4 Å². The van der Waals surface area contributed by atoms with Crippen molar-refractivity contribution in [2.45, 2.75) is 33.1 Å². The molecular formula is C25H30N4O5S. The Morgan fingerprint density at radius 1 is 1.06 bits per heavy atom. The second kappa shape index (κ2) is 10.8. The van der Waals surface area contributed by atoms with Gasteiger partial charge in [-0.2, -0.15) is 0 Å². The van der Waals surface area contributed by atoms with Crippen LogP contribution in [0.25, 0.3) is 0 Å². The number of amides is 1. The zero-order chi connectivity index (χ0) is 25.8. The molecule has 35 heavy (non-hydrogen) atoms. The molecule has 3 rings (SSSR count). The normalized spacial score (nSPS) is 13.8. The lowest BCUT2D eigenvalue weighted by atomic mass is 9.87. The van der Waals surface area contributed by atoms with Crippen molar-refractivity contribution in [1.29, 1.82) is 0 Å². The maximum atomic E-state index is 12.6. The molecule has 0 radical (unpaired) electrons. The molecule has 0 aliphatic carbocycles. The number of rotatable bonds is 5. The molecule has 1 aliphatic rings.